The van der Waals surface area contributed by atoms with Crippen molar-refractivity contribution in [2.45, 2.75) is 6.54 Å². The zero-order chi connectivity index (χ0) is 18.4. The van der Waals surface area contributed by atoms with E-state index < -0.39 is 0 Å². The number of anilines is 1. The summed E-state index contributed by atoms with van der Waals surface area (Å²) in [5.41, 5.74) is 2.43. The molecule has 2 N–H and O–H groups in total. The number of carbonyl (C=O) groups is 2. The van der Waals surface area contributed by atoms with Crippen molar-refractivity contribution in [1.82, 2.24) is 5.32 Å². The number of carbonyl (C=O) groups excluding carboxylic acids is 2. The number of thiophene rings is 1. The minimum absolute atomic E-state index is 0.235. The van der Waals surface area contributed by atoms with Crippen LogP contribution in [0.2, 0.25) is 0 Å². The van der Waals surface area contributed by atoms with Crippen molar-refractivity contribution in [3.8, 4) is 5.75 Å². The Balaban J connectivity index is 1.68. The smallest absolute Gasteiger partial charge is 0.256 e. The maximum Gasteiger partial charge on any atom is 0.256 e. The van der Waals surface area contributed by atoms with Crippen LogP contribution in [0.25, 0.3) is 0 Å². The molecular formula is C20H18N2O3S. The number of nitrogens with one attached hydrogen (secondary N) is 2. The third-order valence-corrected chi connectivity index (χ3v) is 4.50. The van der Waals surface area contributed by atoms with Crippen LogP contribution in [0.5, 0.6) is 5.75 Å². The molecule has 3 aromatic rings. The second-order valence-electron chi connectivity index (χ2n) is 5.54. The molecule has 1 heterocycles. The van der Waals surface area contributed by atoms with Crippen molar-refractivity contribution in [3.63, 3.8) is 0 Å². The molecule has 0 unspecified atom stereocenters. The molecule has 0 saturated carbocycles. The topological polar surface area (TPSA) is 67.4 Å². The molecule has 0 radical (unpaired) electrons. The fourth-order valence-electron chi connectivity index (χ4n) is 2.40. The quantitative estimate of drug-likeness (QED) is 0.694. The summed E-state index contributed by atoms with van der Waals surface area (Å²) >= 11 is 1.45. The molecule has 1 aromatic heterocycles. The molecule has 0 aliphatic heterocycles. The van der Waals surface area contributed by atoms with Crippen LogP contribution in [-0.4, -0.2) is 18.9 Å². The molecule has 0 aliphatic rings. The predicted molar refractivity (Wildman–Crippen MR) is 103 cm³/mol. The largest absolute Gasteiger partial charge is 0.497 e. The molecule has 3 rings (SSSR count). The highest BCUT2D eigenvalue weighted by atomic mass is 32.1. The highest BCUT2D eigenvalue weighted by Gasteiger charge is 2.14. The van der Waals surface area contributed by atoms with Crippen molar-refractivity contribution in [1.29, 1.82) is 0 Å². The van der Waals surface area contributed by atoms with Gasteiger partial charge in [-0.2, -0.15) is 11.3 Å². The SMILES string of the molecule is COc1ccc(CNC(=O)c2ccccc2NC(=O)c2ccsc2)cc1. The fourth-order valence-corrected chi connectivity index (χ4v) is 3.04. The van der Waals surface area contributed by atoms with E-state index in [1.165, 1.54) is 11.3 Å². The van der Waals surface area contributed by atoms with Gasteiger partial charge in [0.1, 0.15) is 5.75 Å². The van der Waals surface area contributed by atoms with E-state index >= 15 is 0 Å². The van der Waals surface area contributed by atoms with Gasteiger partial charge in [0.2, 0.25) is 0 Å². The van der Waals surface area contributed by atoms with Crippen LogP contribution < -0.4 is 15.4 Å². The number of methoxy groups -OCH3 is 1. The van der Waals surface area contributed by atoms with E-state index in [1.54, 1.807) is 42.8 Å². The van der Waals surface area contributed by atoms with E-state index in [-0.39, 0.29) is 11.8 Å². The number of hydrogen-bond donors (Lipinski definition) is 2. The Labute approximate surface area is 155 Å². The van der Waals surface area contributed by atoms with E-state index in [0.717, 1.165) is 11.3 Å². The van der Waals surface area contributed by atoms with Crippen LogP contribution in [0.3, 0.4) is 0 Å². The molecule has 0 spiro atoms. The molecule has 0 saturated heterocycles. The molecule has 6 heteroatoms. The van der Waals surface area contributed by atoms with Crippen LogP contribution in [0.4, 0.5) is 5.69 Å². The van der Waals surface area contributed by atoms with Gasteiger partial charge in [-0.25, -0.2) is 0 Å². The van der Waals surface area contributed by atoms with Gasteiger partial charge in [0, 0.05) is 11.9 Å². The molecule has 0 atom stereocenters. The standard InChI is InChI=1S/C20H18N2O3S/c1-25-16-8-6-14(7-9-16)12-21-20(24)17-4-2-3-5-18(17)22-19(23)15-10-11-26-13-15/h2-11,13H,12H2,1H3,(H,21,24)(H,22,23). The van der Waals surface area contributed by atoms with Gasteiger partial charge in [-0.3, -0.25) is 9.59 Å². The summed E-state index contributed by atoms with van der Waals surface area (Å²) < 4.78 is 5.12. The Bertz CT molecular complexity index is 890. The van der Waals surface area contributed by atoms with E-state index in [4.69, 9.17) is 4.74 Å². The summed E-state index contributed by atoms with van der Waals surface area (Å²) in [6.07, 6.45) is 0. The third-order valence-electron chi connectivity index (χ3n) is 3.82. The number of benzene rings is 2. The number of ether oxygens (including phenoxy) is 1. The molecule has 0 fully saturated rings. The summed E-state index contributed by atoms with van der Waals surface area (Å²) in [6.45, 7) is 0.385. The molecule has 0 aliphatic carbocycles. The Morgan fingerprint density at radius 3 is 2.46 bits per heavy atom. The third kappa shape index (κ3) is 4.29. The van der Waals surface area contributed by atoms with Crippen molar-refractivity contribution in [3.05, 3.63) is 82.0 Å². The second kappa shape index (κ2) is 8.31. The van der Waals surface area contributed by atoms with Gasteiger partial charge in [-0.15, -0.1) is 0 Å². The van der Waals surface area contributed by atoms with E-state index in [0.29, 0.717) is 23.4 Å². The summed E-state index contributed by atoms with van der Waals surface area (Å²) in [6, 6.07) is 16.2. The first-order valence-electron chi connectivity index (χ1n) is 8.01. The van der Waals surface area contributed by atoms with Crippen LogP contribution in [-0.2, 0) is 6.54 Å². The minimum Gasteiger partial charge on any atom is -0.497 e. The van der Waals surface area contributed by atoms with E-state index in [9.17, 15) is 9.59 Å². The first-order valence-corrected chi connectivity index (χ1v) is 8.95. The Morgan fingerprint density at radius 1 is 1.00 bits per heavy atom. The van der Waals surface area contributed by atoms with Crippen molar-refractivity contribution >= 4 is 28.8 Å². The number of para-hydroxylation sites is 1. The molecular weight excluding hydrogens is 348 g/mol. The Kier molecular flexibility index (Phi) is 5.66. The van der Waals surface area contributed by atoms with Crippen LogP contribution in [0.1, 0.15) is 26.3 Å². The molecule has 132 valence electrons. The lowest BCUT2D eigenvalue weighted by atomic mass is 10.1. The van der Waals surface area contributed by atoms with Gasteiger partial charge in [-0.1, -0.05) is 24.3 Å². The van der Waals surface area contributed by atoms with E-state index in [2.05, 4.69) is 10.6 Å². The van der Waals surface area contributed by atoms with Gasteiger partial charge in [0.25, 0.3) is 11.8 Å². The number of rotatable bonds is 6. The maximum absolute atomic E-state index is 12.5. The van der Waals surface area contributed by atoms with Crippen molar-refractivity contribution in [2.24, 2.45) is 0 Å². The van der Waals surface area contributed by atoms with Crippen LogP contribution in [0.15, 0.2) is 65.4 Å². The van der Waals surface area contributed by atoms with Gasteiger partial charge in [0.15, 0.2) is 0 Å². The fraction of sp³-hybridized carbons (Fsp3) is 0.100. The van der Waals surface area contributed by atoms with Gasteiger partial charge in [0.05, 0.1) is 23.9 Å². The van der Waals surface area contributed by atoms with Gasteiger partial charge in [-0.05, 0) is 41.3 Å². The molecule has 0 bridgehead atoms. The summed E-state index contributed by atoms with van der Waals surface area (Å²) in [4.78, 5) is 24.8. The monoisotopic (exact) mass is 366 g/mol. The zero-order valence-electron chi connectivity index (χ0n) is 14.2. The van der Waals surface area contributed by atoms with Gasteiger partial charge < -0.3 is 15.4 Å². The minimum atomic E-state index is -0.248. The number of hydrogen-bond acceptors (Lipinski definition) is 4. The molecule has 5 nitrogen and oxygen atoms in total. The van der Waals surface area contributed by atoms with Crippen LogP contribution in [0, 0.1) is 0 Å². The van der Waals surface area contributed by atoms with Crippen LogP contribution >= 0.6 is 11.3 Å². The lowest BCUT2D eigenvalue weighted by Crippen LogP contribution is -2.24. The van der Waals surface area contributed by atoms with Gasteiger partial charge >= 0.3 is 0 Å². The highest BCUT2D eigenvalue weighted by Crippen LogP contribution is 2.18. The lowest BCUT2D eigenvalue weighted by molar-refractivity contribution is 0.0952. The Hall–Kier alpha value is -3.12. The zero-order valence-corrected chi connectivity index (χ0v) is 15.0. The number of amides is 2. The Morgan fingerprint density at radius 2 is 1.77 bits per heavy atom. The summed E-state index contributed by atoms with van der Waals surface area (Å²) in [5.74, 6) is 0.283. The molecule has 2 aromatic carbocycles. The molecule has 26 heavy (non-hydrogen) atoms. The first-order chi connectivity index (χ1) is 12.7. The summed E-state index contributed by atoms with van der Waals surface area (Å²) in [5, 5.41) is 9.27. The average Bonchev–Trinajstić information content (AvgIpc) is 3.22. The maximum atomic E-state index is 12.5. The lowest BCUT2D eigenvalue weighted by Gasteiger charge is -2.11. The molecule has 2 amide bonds. The predicted octanol–water partition coefficient (Wildman–Crippen LogP) is 3.94. The van der Waals surface area contributed by atoms with Crippen molar-refractivity contribution in [2.75, 3.05) is 12.4 Å². The summed E-state index contributed by atoms with van der Waals surface area (Å²) in [7, 11) is 1.61. The second-order valence-corrected chi connectivity index (χ2v) is 6.32. The highest BCUT2D eigenvalue weighted by molar-refractivity contribution is 7.08. The average molecular weight is 366 g/mol. The van der Waals surface area contributed by atoms with E-state index in [1.807, 2.05) is 29.6 Å². The van der Waals surface area contributed by atoms with Crippen molar-refractivity contribution < 1.29 is 14.3 Å². The normalized spacial score (nSPS) is 10.2. The first kappa shape index (κ1) is 17.7.